The first-order valence-electron chi connectivity index (χ1n) is 15.4. The van der Waals surface area contributed by atoms with Crippen LogP contribution < -0.4 is 20.9 Å². The SMILES string of the molecule is C/C(O)=c1/cccc/c1=C/CCC(C)C.CCC(C)(C)C1=CC(O)=c2ccccc2=CC1.CCC1C=CC=CC(O)=C1. The molecule has 0 spiro atoms. The summed E-state index contributed by atoms with van der Waals surface area (Å²) in [6.07, 6.45) is 21.1. The first-order valence-corrected chi connectivity index (χ1v) is 15.4. The lowest BCUT2D eigenvalue weighted by molar-refractivity contribution is 0.421. The summed E-state index contributed by atoms with van der Waals surface area (Å²) in [5.74, 6) is 2.29. The van der Waals surface area contributed by atoms with Gasteiger partial charge in [0.1, 0.15) is 11.5 Å². The zero-order chi connectivity index (χ0) is 31.1. The number of hydrogen-bond acceptors (Lipinski definition) is 3. The van der Waals surface area contributed by atoms with E-state index in [0.717, 1.165) is 52.5 Å². The minimum Gasteiger partial charge on any atom is -0.512 e. The minimum absolute atomic E-state index is 0.145. The van der Waals surface area contributed by atoms with Crippen molar-refractivity contribution in [1.82, 2.24) is 0 Å². The molecule has 1 unspecified atom stereocenters. The van der Waals surface area contributed by atoms with E-state index >= 15 is 0 Å². The van der Waals surface area contributed by atoms with Crippen LogP contribution in [0.1, 0.15) is 80.6 Å². The Balaban J connectivity index is 0.000000228. The molecular formula is C39H52O3. The fourth-order valence-electron chi connectivity index (χ4n) is 4.65. The standard InChI is InChI=1S/C16H20O.C14H20O.C9H12O/c1-4-16(2,3)13-10-9-12-7-5-6-8-14(12)15(17)11-13;1-11(2)7-6-9-13-8-4-5-10-14(13)12(3)15;1-2-8-5-3-4-6-9(10)7-8/h5-9,11,17H,4,10H2,1-3H3;4-5,8-11,15H,6-7H2,1-3H3;3-8,10H,2H2,1H3/b;13-9-,14-12+;. The quantitative estimate of drug-likeness (QED) is 0.330. The maximum Gasteiger partial charge on any atom is 0.123 e. The number of aliphatic hydroxyl groups excluding tert-OH is 3. The van der Waals surface area contributed by atoms with Crippen molar-refractivity contribution in [3.63, 3.8) is 0 Å². The van der Waals surface area contributed by atoms with E-state index in [1.165, 1.54) is 12.0 Å². The first-order chi connectivity index (χ1) is 20.0. The summed E-state index contributed by atoms with van der Waals surface area (Å²) in [6.45, 7) is 14.9. The van der Waals surface area contributed by atoms with Gasteiger partial charge in [0.05, 0.1) is 5.76 Å². The maximum absolute atomic E-state index is 10.2. The molecule has 1 atom stereocenters. The molecule has 0 saturated heterocycles. The smallest absolute Gasteiger partial charge is 0.123 e. The zero-order valence-electron chi connectivity index (χ0n) is 26.8. The van der Waals surface area contributed by atoms with Crippen molar-refractivity contribution in [2.75, 3.05) is 0 Å². The lowest BCUT2D eigenvalue weighted by atomic mass is 9.80. The van der Waals surface area contributed by atoms with Gasteiger partial charge in [-0.3, -0.25) is 0 Å². The van der Waals surface area contributed by atoms with E-state index in [9.17, 15) is 10.2 Å². The van der Waals surface area contributed by atoms with Crippen molar-refractivity contribution in [2.45, 2.75) is 80.6 Å². The second-order valence-electron chi connectivity index (χ2n) is 12.0. The largest absolute Gasteiger partial charge is 0.512 e. The molecule has 0 radical (unpaired) electrons. The third kappa shape index (κ3) is 11.3. The predicted octanol–water partition coefficient (Wildman–Crippen LogP) is 8.07. The molecule has 0 saturated carbocycles. The highest BCUT2D eigenvalue weighted by atomic mass is 16.3. The molecule has 0 heterocycles. The van der Waals surface area contributed by atoms with Crippen molar-refractivity contribution >= 4 is 23.7 Å². The maximum atomic E-state index is 10.2. The van der Waals surface area contributed by atoms with Gasteiger partial charge >= 0.3 is 0 Å². The lowest BCUT2D eigenvalue weighted by Crippen LogP contribution is -2.25. The Kier molecular flexibility index (Phi) is 14.2. The number of hydrogen-bond donors (Lipinski definition) is 3. The van der Waals surface area contributed by atoms with Gasteiger partial charge in [-0.05, 0) is 84.9 Å². The van der Waals surface area contributed by atoms with Gasteiger partial charge in [-0.25, -0.2) is 0 Å². The third-order valence-electron chi connectivity index (χ3n) is 7.89. The van der Waals surface area contributed by atoms with Crippen LogP contribution in [-0.4, -0.2) is 15.3 Å². The summed E-state index contributed by atoms with van der Waals surface area (Å²) < 4.78 is 0. The number of fused-ring (bicyclic) bond motifs is 1. The van der Waals surface area contributed by atoms with Crippen LogP contribution in [0.3, 0.4) is 0 Å². The van der Waals surface area contributed by atoms with E-state index in [1.807, 2.05) is 60.7 Å². The predicted molar refractivity (Wildman–Crippen MR) is 182 cm³/mol. The summed E-state index contributed by atoms with van der Waals surface area (Å²) in [6, 6.07) is 16.0. The fourth-order valence-corrected chi connectivity index (χ4v) is 4.65. The van der Waals surface area contributed by atoms with Crippen molar-refractivity contribution in [3.8, 4) is 0 Å². The van der Waals surface area contributed by atoms with E-state index in [2.05, 4.69) is 71.9 Å². The van der Waals surface area contributed by atoms with Crippen molar-refractivity contribution in [1.29, 1.82) is 0 Å². The van der Waals surface area contributed by atoms with Gasteiger partial charge < -0.3 is 15.3 Å². The molecule has 0 aliphatic heterocycles. The van der Waals surface area contributed by atoms with Gasteiger partial charge in [0, 0.05) is 10.4 Å². The van der Waals surface area contributed by atoms with Gasteiger partial charge in [-0.15, -0.1) is 0 Å². The molecule has 4 rings (SSSR count). The van der Waals surface area contributed by atoms with Crippen LogP contribution in [0.25, 0.3) is 23.7 Å². The third-order valence-corrected chi connectivity index (χ3v) is 7.89. The summed E-state index contributed by atoms with van der Waals surface area (Å²) in [5.41, 5.74) is 1.45. The molecule has 2 aliphatic carbocycles. The van der Waals surface area contributed by atoms with Crippen LogP contribution in [0, 0.1) is 17.3 Å². The Bertz CT molecular complexity index is 1510. The van der Waals surface area contributed by atoms with Crippen LogP contribution in [0.5, 0.6) is 0 Å². The molecule has 0 fully saturated rings. The second-order valence-corrected chi connectivity index (χ2v) is 12.0. The molecule has 3 heteroatoms. The fraction of sp³-hybridized carbons (Fsp3) is 0.385. The van der Waals surface area contributed by atoms with Gasteiger partial charge in [0.25, 0.3) is 0 Å². The number of rotatable bonds is 6. The second kappa shape index (κ2) is 17.3. The van der Waals surface area contributed by atoms with Crippen molar-refractivity contribution in [3.05, 3.63) is 117 Å². The highest BCUT2D eigenvalue weighted by Crippen LogP contribution is 2.33. The zero-order valence-corrected chi connectivity index (χ0v) is 26.8. The molecule has 2 aliphatic rings. The van der Waals surface area contributed by atoms with E-state index < -0.39 is 0 Å². The van der Waals surface area contributed by atoms with Gasteiger partial charge in [-0.2, -0.15) is 0 Å². The van der Waals surface area contributed by atoms with Gasteiger partial charge in [0.15, 0.2) is 0 Å². The Morgan fingerprint density at radius 3 is 2.36 bits per heavy atom. The van der Waals surface area contributed by atoms with E-state index in [4.69, 9.17) is 5.11 Å². The monoisotopic (exact) mass is 568 g/mol. The molecule has 0 bridgehead atoms. The molecule has 0 amide bonds. The number of benzene rings is 2. The van der Waals surface area contributed by atoms with E-state index in [0.29, 0.717) is 23.2 Å². The highest BCUT2D eigenvalue weighted by molar-refractivity contribution is 5.55. The molecule has 2 aromatic rings. The highest BCUT2D eigenvalue weighted by Gasteiger charge is 2.21. The Morgan fingerprint density at radius 1 is 1.00 bits per heavy atom. The Labute approximate surface area is 253 Å². The Morgan fingerprint density at radius 2 is 1.69 bits per heavy atom. The minimum atomic E-state index is 0.145. The van der Waals surface area contributed by atoms with Crippen LogP contribution in [0.4, 0.5) is 0 Å². The van der Waals surface area contributed by atoms with E-state index in [-0.39, 0.29) is 5.41 Å². The topological polar surface area (TPSA) is 60.7 Å². The van der Waals surface area contributed by atoms with Crippen molar-refractivity contribution < 1.29 is 15.3 Å². The van der Waals surface area contributed by atoms with Crippen LogP contribution >= 0.6 is 0 Å². The van der Waals surface area contributed by atoms with Gasteiger partial charge in [0.2, 0.25) is 0 Å². The van der Waals surface area contributed by atoms with E-state index in [1.54, 1.807) is 13.0 Å². The summed E-state index contributed by atoms with van der Waals surface area (Å²) in [4.78, 5) is 0. The average molecular weight is 569 g/mol. The molecule has 2 aromatic carbocycles. The summed E-state index contributed by atoms with van der Waals surface area (Å²) >= 11 is 0. The molecule has 3 N–H and O–H groups in total. The lowest BCUT2D eigenvalue weighted by Gasteiger charge is -2.25. The normalized spacial score (nSPS) is 17.3. The van der Waals surface area contributed by atoms with Gasteiger partial charge in [-0.1, -0.05) is 126 Å². The molecule has 42 heavy (non-hydrogen) atoms. The molecule has 226 valence electrons. The molecular weight excluding hydrogens is 516 g/mol. The van der Waals surface area contributed by atoms with Crippen LogP contribution in [0.2, 0.25) is 0 Å². The molecule has 0 aromatic heterocycles. The molecule has 3 nitrogen and oxygen atoms in total. The summed E-state index contributed by atoms with van der Waals surface area (Å²) in [5, 5.41) is 33.0. The first kappa shape index (κ1) is 34.5. The van der Waals surface area contributed by atoms with Crippen LogP contribution in [0.15, 0.2) is 96.3 Å². The van der Waals surface area contributed by atoms with Crippen LogP contribution in [-0.2, 0) is 0 Å². The van der Waals surface area contributed by atoms with Crippen molar-refractivity contribution in [2.24, 2.45) is 17.3 Å². The summed E-state index contributed by atoms with van der Waals surface area (Å²) in [7, 11) is 0. The Hall–Kier alpha value is -3.72. The number of allylic oxidation sites excluding steroid dienone is 6. The number of aliphatic hydroxyl groups is 3. The average Bonchev–Trinajstić information content (AvgIpc) is 3.29.